The van der Waals surface area contributed by atoms with Crippen LogP contribution in [0.1, 0.15) is 34.1 Å². The van der Waals surface area contributed by atoms with Crippen LogP contribution in [0, 0.1) is 0 Å². The minimum atomic E-state index is -2.74. The molecule has 1 saturated heterocycles. The summed E-state index contributed by atoms with van der Waals surface area (Å²) in [5, 5.41) is 23.0. The van der Waals surface area contributed by atoms with E-state index in [1.165, 1.54) is 0 Å². The lowest BCUT2D eigenvalue weighted by atomic mass is 10.0. The van der Waals surface area contributed by atoms with E-state index >= 15 is 0 Å². The van der Waals surface area contributed by atoms with Crippen LogP contribution in [0.3, 0.4) is 0 Å². The van der Waals surface area contributed by atoms with Crippen molar-refractivity contribution < 1.29 is 24.1 Å². The van der Waals surface area contributed by atoms with Crippen LogP contribution in [0.5, 0.6) is 0 Å². The fourth-order valence-electron chi connectivity index (χ4n) is 4.32. The first-order valence-corrected chi connectivity index (χ1v) is 12.6. The first kappa shape index (κ1) is 23.1. The number of benzene rings is 2. The molecule has 1 unspecified atom stereocenters. The monoisotopic (exact) mass is 430 g/mol. The number of aliphatic hydroxyl groups is 2. The van der Waals surface area contributed by atoms with Crippen molar-refractivity contribution in [2.45, 2.75) is 63.8 Å². The molecule has 2 aromatic carbocycles. The summed E-state index contributed by atoms with van der Waals surface area (Å²) >= 11 is 0. The summed E-state index contributed by atoms with van der Waals surface area (Å²) in [6.07, 6.45) is -2.86. The van der Waals surface area contributed by atoms with Crippen molar-refractivity contribution in [2.24, 2.45) is 0 Å². The summed E-state index contributed by atoms with van der Waals surface area (Å²) in [7, 11) is -2.74. The quantitative estimate of drug-likeness (QED) is 0.661. The minimum absolute atomic E-state index is 0.173. The molecule has 2 N–H and O–H groups in total. The van der Waals surface area contributed by atoms with E-state index in [0.29, 0.717) is 6.61 Å². The van der Waals surface area contributed by atoms with Crippen LogP contribution >= 0.6 is 0 Å². The Balaban J connectivity index is 1.97. The summed E-state index contributed by atoms with van der Waals surface area (Å²) in [6, 6.07) is 20.7. The van der Waals surface area contributed by atoms with E-state index in [-0.39, 0.29) is 18.1 Å². The third-order valence-electron chi connectivity index (χ3n) is 5.77. The number of hydrogen-bond acceptors (Lipinski definition) is 5. The maximum absolute atomic E-state index is 10.6. The first-order chi connectivity index (χ1) is 14.3. The van der Waals surface area contributed by atoms with Gasteiger partial charge in [0.1, 0.15) is 12.2 Å². The molecule has 30 heavy (non-hydrogen) atoms. The lowest BCUT2D eigenvalue weighted by Gasteiger charge is -2.45. The van der Waals surface area contributed by atoms with Gasteiger partial charge in [-0.05, 0) is 22.3 Å². The average molecular weight is 431 g/mol. The van der Waals surface area contributed by atoms with Gasteiger partial charge in [0, 0.05) is 13.0 Å². The molecule has 1 aliphatic rings. The van der Waals surface area contributed by atoms with Gasteiger partial charge in [-0.1, -0.05) is 81.4 Å². The van der Waals surface area contributed by atoms with E-state index in [9.17, 15) is 10.2 Å². The van der Waals surface area contributed by atoms with Crippen LogP contribution in [0.25, 0.3) is 0 Å². The van der Waals surface area contributed by atoms with E-state index in [0.717, 1.165) is 10.4 Å². The molecule has 0 amide bonds. The Labute approximate surface area is 180 Å². The molecule has 1 heterocycles. The number of aliphatic hydroxyl groups excluding tert-OH is 2. The SMILES string of the molecule is CCOC1C[C@H](O)[C@H](O)[C@@H](CO[Si](c2ccccc2)(c2ccccc2)C(C)(C)C)O1. The van der Waals surface area contributed by atoms with Crippen LogP contribution in [0.4, 0.5) is 0 Å². The van der Waals surface area contributed by atoms with Crippen LogP contribution in [-0.2, 0) is 13.9 Å². The van der Waals surface area contributed by atoms with Crippen molar-refractivity contribution in [3.05, 3.63) is 60.7 Å². The lowest BCUT2D eigenvalue weighted by Crippen LogP contribution is -2.67. The molecule has 2 aromatic rings. The van der Waals surface area contributed by atoms with E-state index in [2.05, 4.69) is 45.0 Å². The molecule has 1 fully saturated rings. The molecule has 164 valence electrons. The number of ether oxygens (including phenoxy) is 2. The van der Waals surface area contributed by atoms with E-state index in [1.54, 1.807) is 0 Å². The fourth-order valence-corrected chi connectivity index (χ4v) is 8.88. The Kier molecular flexibility index (Phi) is 7.50. The largest absolute Gasteiger partial charge is 0.405 e. The van der Waals surface area contributed by atoms with Gasteiger partial charge in [-0.25, -0.2) is 0 Å². The predicted molar refractivity (Wildman–Crippen MR) is 120 cm³/mol. The molecule has 6 heteroatoms. The van der Waals surface area contributed by atoms with E-state index in [4.69, 9.17) is 13.9 Å². The molecule has 4 atom stereocenters. The summed E-state index contributed by atoms with van der Waals surface area (Å²) in [6.45, 7) is 9.15. The molecule has 1 aliphatic heterocycles. The maximum Gasteiger partial charge on any atom is 0.261 e. The van der Waals surface area contributed by atoms with Gasteiger partial charge in [0.25, 0.3) is 8.32 Å². The molecular weight excluding hydrogens is 396 g/mol. The summed E-state index contributed by atoms with van der Waals surface area (Å²) in [5.41, 5.74) is 0. The zero-order valence-electron chi connectivity index (χ0n) is 18.3. The second-order valence-electron chi connectivity index (χ2n) is 8.83. The second-order valence-corrected chi connectivity index (χ2v) is 13.1. The Morgan fingerprint density at radius 1 is 0.967 bits per heavy atom. The highest BCUT2D eigenvalue weighted by molar-refractivity contribution is 6.99. The highest BCUT2D eigenvalue weighted by Crippen LogP contribution is 2.37. The third kappa shape index (κ3) is 4.69. The van der Waals surface area contributed by atoms with Gasteiger partial charge in [0.2, 0.25) is 0 Å². The van der Waals surface area contributed by atoms with Gasteiger partial charge in [0.15, 0.2) is 6.29 Å². The molecule has 0 spiro atoms. The van der Waals surface area contributed by atoms with Gasteiger partial charge < -0.3 is 24.1 Å². The van der Waals surface area contributed by atoms with Crippen LogP contribution in [-0.4, -0.2) is 56.3 Å². The Morgan fingerprint density at radius 3 is 1.97 bits per heavy atom. The van der Waals surface area contributed by atoms with Gasteiger partial charge in [0.05, 0.1) is 12.7 Å². The van der Waals surface area contributed by atoms with Crippen molar-refractivity contribution in [1.82, 2.24) is 0 Å². The lowest BCUT2D eigenvalue weighted by molar-refractivity contribution is -0.254. The average Bonchev–Trinajstić information content (AvgIpc) is 2.72. The van der Waals surface area contributed by atoms with Crippen molar-refractivity contribution in [1.29, 1.82) is 0 Å². The van der Waals surface area contributed by atoms with Gasteiger partial charge in [-0.15, -0.1) is 0 Å². The van der Waals surface area contributed by atoms with Crippen molar-refractivity contribution in [3.8, 4) is 0 Å². The molecule has 0 bridgehead atoms. The van der Waals surface area contributed by atoms with E-state index < -0.39 is 32.9 Å². The molecular formula is C24H34O5Si. The van der Waals surface area contributed by atoms with Gasteiger partial charge in [-0.2, -0.15) is 0 Å². The van der Waals surface area contributed by atoms with Crippen LogP contribution < -0.4 is 10.4 Å². The van der Waals surface area contributed by atoms with Crippen LogP contribution in [0.2, 0.25) is 5.04 Å². The zero-order valence-corrected chi connectivity index (χ0v) is 19.3. The van der Waals surface area contributed by atoms with Crippen molar-refractivity contribution in [3.63, 3.8) is 0 Å². The zero-order chi connectivity index (χ0) is 21.8. The standard InChI is InChI=1S/C24H34O5Si/c1-5-27-22-16-20(25)23(26)21(29-22)17-28-30(24(2,3)4,18-12-8-6-9-13-18)19-14-10-7-11-15-19/h6-15,20-23,25-26H,5,16-17H2,1-4H3/t20-,21+,22?,23-/m0/s1. The van der Waals surface area contributed by atoms with E-state index in [1.807, 2.05) is 43.3 Å². The smallest absolute Gasteiger partial charge is 0.261 e. The predicted octanol–water partition coefficient (Wildman–Crippen LogP) is 2.44. The van der Waals surface area contributed by atoms with Gasteiger partial charge in [-0.3, -0.25) is 0 Å². The maximum atomic E-state index is 10.6. The topological polar surface area (TPSA) is 68.2 Å². The molecule has 0 saturated carbocycles. The first-order valence-electron chi connectivity index (χ1n) is 10.7. The molecule has 0 aliphatic carbocycles. The Hall–Kier alpha value is -1.54. The molecule has 5 nitrogen and oxygen atoms in total. The van der Waals surface area contributed by atoms with Crippen molar-refractivity contribution in [2.75, 3.05) is 13.2 Å². The second kappa shape index (κ2) is 9.72. The Bertz CT molecular complexity index is 738. The summed E-state index contributed by atoms with van der Waals surface area (Å²) < 4.78 is 18.4. The highest BCUT2D eigenvalue weighted by atomic mass is 28.4. The minimum Gasteiger partial charge on any atom is -0.405 e. The highest BCUT2D eigenvalue weighted by Gasteiger charge is 2.51. The third-order valence-corrected chi connectivity index (χ3v) is 10.8. The van der Waals surface area contributed by atoms with Crippen molar-refractivity contribution >= 4 is 18.7 Å². The summed E-state index contributed by atoms with van der Waals surface area (Å²) in [4.78, 5) is 0. The summed E-state index contributed by atoms with van der Waals surface area (Å²) in [5.74, 6) is 0. The Morgan fingerprint density at radius 2 is 1.50 bits per heavy atom. The van der Waals surface area contributed by atoms with Gasteiger partial charge >= 0.3 is 0 Å². The number of hydrogen-bond donors (Lipinski definition) is 2. The van der Waals surface area contributed by atoms with Crippen LogP contribution in [0.15, 0.2) is 60.7 Å². The fraction of sp³-hybridized carbons (Fsp3) is 0.500. The molecule has 0 radical (unpaired) electrons. The molecule has 3 rings (SSSR count). The molecule has 0 aromatic heterocycles. The normalized spacial score (nSPS) is 25.3. The number of rotatable bonds is 7.